The van der Waals surface area contributed by atoms with Crippen molar-refractivity contribution in [3.63, 3.8) is 0 Å². The van der Waals surface area contributed by atoms with Crippen molar-refractivity contribution in [3.05, 3.63) is 17.0 Å². The summed E-state index contributed by atoms with van der Waals surface area (Å²) in [6.45, 7) is 4.65. The molecule has 0 aliphatic carbocycles. The van der Waals surface area contributed by atoms with Crippen LogP contribution in [0, 0.1) is 12.8 Å². The highest BCUT2D eigenvalue weighted by Gasteiger charge is 2.16. The molecule has 0 saturated heterocycles. The molecule has 0 bridgehead atoms. The van der Waals surface area contributed by atoms with Gasteiger partial charge in [0.25, 0.3) is 0 Å². The molecule has 1 aromatic heterocycles. The number of nitrogens with two attached hydrogens (primary N) is 1. The van der Waals surface area contributed by atoms with Crippen LogP contribution in [0.25, 0.3) is 0 Å². The van der Waals surface area contributed by atoms with Gasteiger partial charge >= 0.3 is 0 Å². The van der Waals surface area contributed by atoms with Gasteiger partial charge in [-0.1, -0.05) is 6.92 Å². The number of rotatable bonds is 5. The SMILES string of the molecule is Cc1ccc(S(=O)(=O)NCC(C)CN)s1. The van der Waals surface area contributed by atoms with E-state index in [1.54, 1.807) is 12.1 Å². The zero-order valence-corrected chi connectivity index (χ0v) is 10.5. The number of nitrogens with one attached hydrogen (secondary N) is 1. The van der Waals surface area contributed by atoms with Gasteiger partial charge in [-0.05, 0) is 31.5 Å². The zero-order chi connectivity index (χ0) is 11.5. The van der Waals surface area contributed by atoms with Crippen molar-refractivity contribution in [1.82, 2.24) is 4.72 Å². The van der Waals surface area contributed by atoms with E-state index in [0.29, 0.717) is 17.3 Å². The average Bonchev–Trinajstić information content (AvgIpc) is 2.62. The first kappa shape index (κ1) is 12.6. The molecule has 86 valence electrons. The minimum absolute atomic E-state index is 0.154. The highest BCUT2D eigenvalue weighted by atomic mass is 32.2. The first-order valence-electron chi connectivity index (χ1n) is 4.72. The second kappa shape index (κ2) is 5.07. The monoisotopic (exact) mass is 248 g/mol. The highest BCUT2D eigenvalue weighted by molar-refractivity contribution is 7.91. The summed E-state index contributed by atoms with van der Waals surface area (Å²) in [5.74, 6) is 0.154. The van der Waals surface area contributed by atoms with Gasteiger partial charge in [0.2, 0.25) is 10.0 Å². The fourth-order valence-electron chi connectivity index (χ4n) is 0.963. The zero-order valence-electron chi connectivity index (χ0n) is 8.86. The predicted molar refractivity (Wildman–Crippen MR) is 62.5 cm³/mol. The summed E-state index contributed by atoms with van der Waals surface area (Å²) < 4.78 is 26.4. The minimum Gasteiger partial charge on any atom is -0.330 e. The van der Waals surface area contributed by atoms with Crippen LogP contribution in [0.3, 0.4) is 0 Å². The molecule has 0 amide bonds. The lowest BCUT2D eigenvalue weighted by atomic mass is 10.2. The Balaban J connectivity index is 2.68. The summed E-state index contributed by atoms with van der Waals surface area (Å²) in [5.41, 5.74) is 5.41. The third-order valence-corrected chi connectivity index (χ3v) is 4.92. The Morgan fingerprint density at radius 1 is 1.53 bits per heavy atom. The van der Waals surface area contributed by atoms with Gasteiger partial charge in [-0.15, -0.1) is 11.3 Å². The normalized spacial score (nSPS) is 14.1. The smallest absolute Gasteiger partial charge is 0.250 e. The lowest BCUT2D eigenvalue weighted by Crippen LogP contribution is -2.30. The van der Waals surface area contributed by atoms with Crippen molar-refractivity contribution in [2.24, 2.45) is 11.7 Å². The standard InChI is InChI=1S/C9H16N2O2S2/c1-7(5-10)6-11-15(12,13)9-4-3-8(2)14-9/h3-4,7,11H,5-6,10H2,1-2H3. The molecule has 1 heterocycles. The molecule has 0 fully saturated rings. The molecule has 0 aromatic carbocycles. The molecular weight excluding hydrogens is 232 g/mol. The Morgan fingerprint density at radius 2 is 2.20 bits per heavy atom. The highest BCUT2D eigenvalue weighted by Crippen LogP contribution is 2.20. The van der Waals surface area contributed by atoms with E-state index in [1.807, 2.05) is 13.8 Å². The lowest BCUT2D eigenvalue weighted by molar-refractivity contribution is 0.546. The largest absolute Gasteiger partial charge is 0.330 e. The van der Waals surface area contributed by atoms with Gasteiger partial charge in [-0.3, -0.25) is 0 Å². The Morgan fingerprint density at radius 3 is 2.67 bits per heavy atom. The first-order valence-corrected chi connectivity index (χ1v) is 7.02. The maximum atomic E-state index is 11.7. The van der Waals surface area contributed by atoms with Crippen LogP contribution in [0.15, 0.2) is 16.3 Å². The lowest BCUT2D eigenvalue weighted by Gasteiger charge is -2.09. The third kappa shape index (κ3) is 3.57. The maximum Gasteiger partial charge on any atom is 0.250 e. The number of aryl methyl sites for hydroxylation is 1. The molecule has 1 aromatic rings. The van der Waals surface area contributed by atoms with E-state index in [9.17, 15) is 8.42 Å². The Hall–Kier alpha value is -0.430. The average molecular weight is 248 g/mol. The molecule has 1 rings (SSSR count). The van der Waals surface area contributed by atoms with Crippen LogP contribution in [0.4, 0.5) is 0 Å². The molecule has 3 N–H and O–H groups in total. The van der Waals surface area contributed by atoms with E-state index in [1.165, 1.54) is 11.3 Å². The van der Waals surface area contributed by atoms with Crippen molar-refractivity contribution >= 4 is 21.4 Å². The molecule has 0 aliphatic rings. The topological polar surface area (TPSA) is 72.2 Å². The maximum absolute atomic E-state index is 11.7. The molecule has 1 unspecified atom stereocenters. The summed E-state index contributed by atoms with van der Waals surface area (Å²) in [7, 11) is -3.33. The van der Waals surface area contributed by atoms with Crippen LogP contribution in [0.1, 0.15) is 11.8 Å². The van der Waals surface area contributed by atoms with E-state index in [-0.39, 0.29) is 5.92 Å². The third-order valence-electron chi connectivity index (χ3n) is 2.00. The Kier molecular flexibility index (Phi) is 4.27. The molecular formula is C9H16N2O2S2. The van der Waals surface area contributed by atoms with Gasteiger partial charge in [0.05, 0.1) is 0 Å². The second-order valence-corrected chi connectivity index (χ2v) is 6.84. The van der Waals surface area contributed by atoms with Crippen LogP contribution in [0.5, 0.6) is 0 Å². The van der Waals surface area contributed by atoms with Crippen molar-refractivity contribution in [3.8, 4) is 0 Å². The van der Waals surface area contributed by atoms with Crippen molar-refractivity contribution < 1.29 is 8.42 Å². The quantitative estimate of drug-likeness (QED) is 0.814. The van der Waals surface area contributed by atoms with Gasteiger partial charge in [0, 0.05) is 11.4 Å². The van der Waals surface area contributed by atoms with Gasteiger partial charge in [0.1, 0.15) is 4.21 Å². The number of thiophene rings is 1. The minimum atomic E-state index is -3.33. The van der Waals surface area contributed by atoms with Crippen LogP contribution in [-0.2, 0) is 10.0 Å². The number of sulfonamides is 1. The van der Waals surface area contributed by atoms with Crippen molar-refractivity contribution in [2.45, 2.75) is 18.1 Å². The molecule has 6 heteroatoms. The number of hydrogen-bond donors (Lipinski definition) is 2. The van der Waals surface area contributed by atoms with Gasteiger partial charge < -0.3 is 5.73 Å². The summed E-state index contributed by atoms with van der Waals surface area (Å²) in [5, 5.41) is 0. The second-order valence-electron chi connectivity index (χ2n) is 3.56. The molecule has 0 aliphatic heterocycles. The summed E-state index contributed by atoms with van der Waals surface area (Å²) in [6, 6.07) is 3.42. The van der Waals surface area contributed by atoms with E-state index in [4.69, 9.17) is 5.73 Å². The van der Waals surface area contributed by atoms with E-state index >= 15 is 0 Å². The predicted octanol–water partition coefficient (Wildman–Crippen LogP) is 0.930. The summed E-state index contributed by atoms with van der Waals surface area (Å²) in [6.07, 6.45) is 0. The van der Waals surface area contributed by atoms with Crippen LogP contribution in [-0.4, -0.2) is 21.5 Å². The van der Waals surface area contributed by atoms with Gasteiger partial charge in [-0.2, -0.15) is 0 Å². The van der Waals surface area contributed by atoms with Gasteiger partial charge in [-0.25, -0.2) is 13.1 Å². The molecule has 0 spiro atoms. The van der Waals surface area contributed by atoms with Crippen LogP contribution >= 0.6 is 11.3 Å². The van der Waals surface area contributed by atoms with E-state index in [2.05, 4.69) is 4.72 Å². The fraction of sp³-hybridized carbons (Fsp3) is 0.556. The summed E-state index contributed by atoms with van der Waals surface area (Å²) in [4.78, 5) is 0.988. The first-order chi connectivity index (χ1) is 6.95. The van der Waals surface area contributed by atoms with Crippen molar-refractivity contribution in [1.29, 1.82) is 0 Å². The molecule has 0 saturated carbocycles. The van der Waals surface area contributed by atoms with Crippen LogP contribution < -0.4 is 10.5 Å². The fourth-order valence-corrected chi connectivity index (χ4v) is 3.46. The molecule has 1 atom stereocenters. The van der Waals surface area contributed by atoms with Crippen molar-refractivity contribution in [2.75, 3.05) is 13.1 Å². The summed E-state index contributed by atoms with van der Waals surface area (Å²) >= 11 is 1.27. The van der Waals surface area contributed by atoms with E-state index < -0.39 is 10.0 Å². The molecule has 0 radical (unpaired) electrons. The molecule has 15 heavy (non-hydrogen) atoms. The Labute approximate surface area is 94.5 Å². The van der Waals surface area contributed by atoms with Crippen LogP contribution in [0.2, 0.25) is 0 Å². The molecule has 4 nitrogen and oxygen atoms in total. The Bertz CT molecular complexity index is 412. The van der Waals surface area contributed by atoms with Gasteiger partial charge in [0.15, 0.2) is 0 Å². The van der Waals surface area contributed by atoms with E-state index in [0.717, 1.165) is 4.88 Å². The number of hydrogen-bond acceptors (Lipinski definition) is 4.